The van der Waals surface area contributed by atoms with Crippen LogP contribution in [-0.2, 0) is 27.3 Å². The van der Waals surface area contributed by atoms with Gasteiger partial charge >= 0.3 is 12.1 Å². The fourth-order valence-electron chi connectivity index (χ4n) is 1.95. The minimum absolute atomic E-state index is 0.00799. The van der Waals surface area contributed by atoms with Gasteiger partial charge in [-0.25, -0.2) is 9.59 Å². The Morgan fingerprint density at radius 3 is 2.61 bits per heavy atom. The van der Waals surface area contributed by atoms with Crippen molar-refractivity contribution in [2.75, 3.05) is 7.11 Å². The fourth-order valence-corrected chi connectivity index (χ4v) is 1.95. The zero-order chi connectivity index (χ0) is 16.7. The molecule has 1 aromatic heterocycles. The highest BCUT2D eigenvalue weighted by molar-refractivity contribution is 5.81. The summed E-state index contributed by atoms with van der Waals surface area (Å²) in [6.45, 7) is 0.0747. The molecule has 0 aliphatic carbocycles. The van der Waals surface area contributed by atoms with Crippen LogP contribution in [-0.4, -0.2) is 35.4 Å². The van der Waals surface area contributed by atoms with Gasteiger partial charge in [-0.3, -0.25) is 9.89 Å². The first-order chi connectivity index (χ1) is 11.1. The van der Waals surface area contributed by atoms with Gasteiger partial charge in [0, 0.05) is 18.2 Å². The summed E-state index contributed by atoms with van der Waals surface area (Å²) in [6.07, 6.45) is 0.650. The molecule has 2 rings (SSSR count). The van der Waals surface area contributed by atoms with Crippen molar-refractivity contribution in [1.29, 1.82) is 0 Å². The normalized spacial score (nSPS) is 11.5. The van der Waals surface area contributed by atoms with Gasteiger partial charge in [0.1, 0.15) is 12.6 Å². The number of alkyl carbamates (subject to hydrolysis) is 1. The van der Waals surface area contributed by atoms with Crippen molar-refractivity contribution in [2.45, 2.75) is 19.1 Å². The van der Waals surface area contributed by atoms with Gasteiger partial charge in [0.25, 0.3) is 5.56 Å². The standard InChI is InChI=1S/C15H17N3O5/c1-22-14(20)12(7-11-8-16-18-13(11)19)17-15(21)23-9-10-5-3-2-4-6-10/h2-6,8,12H,7,9H2,1H3,(H,17,21)(H2,16,18,19)/t12-/m1/s1. The van der Waals surface area contributed by atoms with Crippen LogP contribution < -0.4 is 10.9 Å². The van der Waals surface area contributed by atoms with E-state index in [2.05, 4.69) is 20.3 Å². The molecule has 0 spiro atoms. The fraction of sp³-hybridized carbons (Fsp3) is 0.267. The lowest BCUT2D eigenvalue weighted by molar-refractivity contribution is -0.143. The number of rotatable bonds is 6. The number of nitrogens with one attached hydrogen (secondary N) is 3. The molecule has 23 heavy (non-hydrogen) atoms. The van der Waals surface area contributed by atoms with E-state index in [4.69, 9.17) is 4.74 Å². The Bertz CT molecular complexity index is 707. The second-order valence-electron chi connectivity index (χ2n) is 4.75. The van der Waals surface area contributed by atoms with E-state index in [9.17, 15) is 14.4 Å². The zero-order valence-corrected chi connectivity index (χ0v) is 12.5. The number of carbonyl (C=O) groups excluding carboxylic acids is 2. The molecule has 0 bridgehead atoms. The van der Waals surface area contributed by atoms with Gasteiger partial charge in [-0.05, 0) is 5.56 Å². The first-order valence-corrected chi connectivity index (χ1v) is 6.90. The predicted octanol–water partition coefficient (Wildman–Crippen LogP) is 0.713. The molecule has 0 saturated heterocycles. The van der Waals surface area contributed by atoms with E-state index < -0.39 is 18.1 Å². The molecule has 2 aromatic rings. The van der Waals surface area contributed by atoms with E-state index in [-0.39, 0.29) is 18.6 Å². The largest absolute Gasteiger partial charge is 0.467 e. The molecule has 3 N–H and O–H groups in total. The molecular weight excluding hydrogens is 302 g/mol. The molecule has 122 valence electrons. The van der Waals surface area contributed by atoms with Crippen LogP contribution in [0.5, 0.6) is 0 Å². The van der Waals surface area contributed by atoms with Gasteiger partial charge in [0.2, 0.25) is 0 Å². The van der Waals surface area contributed by atoms with Gasteiger partial charge in [-0.2, -0.15) is 0 Å². The Kier molecular flexibility index (Phi) is 5.56. The van der Waals surface area contributed by atoms with E-state index >= 15 is 0 Å². The van der Waals surface area contributed by atoms with E-state index in [1.54, 1.807) is 0 Å². The molecule has 1 aromatic carbocycles. The third kappa shape index (κ3) is 4.73. The van der Waals surface area contributed by atoms with Gasteiger partial charge in [-0.1, -0.05) is 30.3 Å². The van der Waals surface area contributed by atoms with E-state index in [0.717, 1.165) is 5.56 Å². The molecule has 0 unspecified atom stereocenters. The number of amides is 1. The summed E-state index contributed by atoms with van der Waals surface area (Å²) in [7, 11) is 1.20. The van der Waals surface area contributed by atoms with Gasteiger partial charge < -0.3 is 19.9 Å². The van der Waals surface area contributed by atoms with Gasteiger partial charge in [0.15, 0.2) is 0 Å². The molecule has 8 heteroatoms. The minimum atomic E-state index is -1.01. The number of benzene rings is 1. The number of hydrogen-bond acceptors (Lipinski definition) is 5. The van der Waals surface area contributed by atoms with Gasteiger partial charge in [0.05, 0.1) is 7.11 Å². The molecule has 8 nitrogen and oxygen atoms in total. The maximum absolute atomic E-state index is 11.8. The number of carbonyl (C=O) groups is 2. The highest BCUT2D eigenvalue weighted by atomic mass is 16.6. The lowest BCUT2D eigenvalue weighted by Crippen LogP contribution is -2.43. The molecule has 0 fully saturated rings. The number of H-pyrrole nitrogens is 2. The average Bonchev–Trinajstić information content (AvgIpc) is 2.97. The van der Waals surface area contributed by atoms with Crippen LogP contribution in [0.25, 0.3) is 0 Å². The molecule has 1 heterocycles. The number of ether oxygens (including phenoxy) is 2. The van der Waals surface area contributed by atoms with Crippen LogP contribution in [0, 0.1) is 0 Å². The van der Waals surface area contributed by atoms with E-state index in [0.29, 0.717) is 5.56 Å². The third-order valence-electron chi connectivity index (χ3n) is 3.14. The maximum Gasteiger partial charge on any atom is 0.408 e. The Balaban J connectivity index is 1.94. The van der Waals surface area contributed by atoms with Crippen molar-refractivity contribution in [1.82, 2.24) is 15.5 Å². The Morgan fingerprint density at radius 1 is 1.26 bits per heavy atom. The lowest BCUT2D eigenvalue weighted by Gasteiger charge is -2.15. The SMILES string of the molecule is COC(=O)[C@@H](Cc1c[nH][nH]c1=O)NC(=O)OCc1ccccc1. The van der Waals surface area contributed by atoms with Crippen molar-refractivity contribution in [3.63, 3.8) is 0 Å². The Labute approximate surface area is 131 Å². The van der Waals surface area contributed by atoms with Crippen molar-refractivity contribution >= 4 is 12.1 Å². The number of methoxy groups -OCH3 is 1. The number of hydrogen-bond donors (Lipinski definition) is 3. The Hall–Kier alpha value is -3.03. The lowest BCUT2D eigenvalue weighted by atomic mass is 10.1. The molecule has 1 amide bonds. The van der Waals surface area contributed by atoms with Crippen molar-refractivity contribution in [3.05, 3.63) is 58.0 Å². The summed E-state index contributed by atoms with van der Waals surface area (Å²) in [6, 6.07) is 8.11. The average molecular weight is 319 g/mol. The first-order valence-electron chi connectivity index (χ1n) is 6.90. The summed E-state index contributed by atoms with van der Waals surface area (Å²) in [4.78, 5) is 35.0. The summed E-state index contributed by atoms with van der Waals surface area (Å²) in [5.74, 6) is -0.665. The van der Waals surface area contributed by atoms with Crippen LogP contribution in [0.3, 0.4) is 0 Å². The maximum atomic E-state index is 11.8. The number of aromatic nitrogens is 2. The molecule has 0 saturated carbocycles. The smallest absolute Gasteiger partial charge is 0.408 e. The summed E-state index contributed by atoms with van der Waals surface area (Å²) < 4.78 is 9.68. The topological polar surface area (TPSA) is 113 Å². The van der Waals surface area contributed by atoms with Crippen LogP contribution in [0.15, 0.2) is 41.3 Å². The van der Waals surface area contributed by atoms with Gasteiger partial charge in [-0.15, -0.1) is 0 Å². The van der Waals surface area contributed by atoms with Crippen molar-refractivity contribution in [3.8, 4) is 0 Å². The van der Waals surface area contributed by atoms with Crippen molar-refractivity contribution in [2.24, 2.45) is 0 Å². The predicted molar refractivity (Wildman–Crippen MR) is 80.7 cm³/mol. The highest BCUT2D eigenvalue weighted by Crippen LogP contribution is 2.03. The van der Waals surface area contributed by atoms with Crippen LogP contribution >= 0.6 is 0 Å². The van der Waals surface area contributed by atoms with Crippen LogP contribution in [0.2, 0.25) is 0 Å². The second-order valence-corrected chi connectivity index (χ2v) is 4.75. The van der Waals surface area contributed by atoms with E-state index in [1.807, 2.05) is 30.3 Å². The van der Waals surface area contributed by atoms with E-state index in [1.165, 1.54) is 13.3 Å². The summed E-state index contributed by atoms with van der Waals surface area (Å²) >= 11 is 0. The molecule has 0 aliphatic heterocycles. The molecular formula is C15H17N3O5. The summed E-state index contributed by atoms with van der Waals surface area (Å²) in [5.41, 5.74) is 0.779. The third-order valence-corrected chi connectivity index (χ3v) is 3.14. The molecule has 1 atom stereocenters. The number of esters is 1. The summed E-state index contributed by atoms with van der Waals surface area (Å²) in [5, 5.41) is 7.28. The minimum Gasteiger partial charge on any atom is -0.467 e. The monoisotopic (exact) mass is 319 g/mol. The zero-order valence-electron chi connectivity index (χ0n) is 12.5. The van der Waals surface area contributed by atoms with Crippen molar-refractivity contribution < 1.29 is 19.1 Å². The molecule has 0 radical (unpaired) electrons. The number of aromatic amines is 2. The van der Waals surface area contributed by atoms with Crippen LogP contribution in [0.4, 0.5) is 4.79 Å². The molecule has 0 aliphatic rings. The Morgan fingerprint density at radius 2 is 2.00 bits per heavy atom. The first kappa shape index (κ1) is 16.3. The quantitative estimate of drug-likeness (QED) is 0.679. The van der Waals surface area contributed by atoms with Crippen LogP contribution in [0.1, 0.15) is 11.1 Å². The highest BCUT2D eigenvalue weighted by Gasteiger charge is 2.24. The second kappa shape index (κ2) is 7.83.